The molecule has 1 aliphatic carbocycles. The van der Waals surface area contributed by atoms with Crippen molar-refractivity contribution in [3.05, 3.63) is 90.0 Å². The molecule has 94 valence electrons. The van der Waals surface area contributed by atoms with Gasteiger partial charge in [-0.3, -0.25) is 0 Å². The van der Waals surface area contributed by atoms with Crippen LogP contribution in [0.5, 0.6) is 0 Å². The van der Waals surface area contributed by atoms with E-state index in [9.17, 15) is 0 Å². The van der Waals surface area contributed by atoms with Crippen molar-refractivity contribution < 1.29 is 0 Å². The molecule has 0 heteroatoms. The van der Waals surface area contributed by atoms with E-state index in [0.29, 0.717) is 0 Å². The fourth-order valence-electron chi connectivity index (χ4n) is 3.20. The third kappa shape index (κ3) is 1.76. The lowest BCUT2D eigenvalue weighted by Gasteiger charge is -2.19. The van der Waals surface area contributed by atoms with Gasteiger partial charge in [-0.05, 0) is 30.0 Å². The summed E-state index contributed by atoms with van der Waals surface area (Å²) in [6.07, 6.45) is 3.01. The molecule has 2 aromatic rings. The number of rotatable bonds is 4. The lowest BCUT2D eigenvalue weighted by molar-refractivity contribution is 0.759. The Hall–Kier alpha value is -2.08. The molecule has 0 spiro atoms. The van der Waals surface area contributed by atoms with Crippen LogP contribution in [0.3, 0.4) is 0 Å². The molecule has 0 aromatic heterocycles. The minimum absolute atomic E-state index is 0.0877. The average Bonchev–Trinajstić information content (AvgIpc) is 3.07. The number of allylic oxidation sites excluding steroid dienone is 3. The second kappa shape index (κ2) is 4.55. The SMILES string of the molecule is C=CCC1(c2ccccc2)C(C)=C1c1ccccc1. The molecule has 2 aromatic carbocycles. The van der Waals surface area contributed by atoms with Gasteiger partial charge in [0, 0.05) is 5.41 Å². The van der Waals surface area contributed by atoms with Gasteiger partial charge in [-0.2, -0.15) is 0 Å². The van der Waals surface area contributed by atoms with Gasteiger partial charge in [-0.1, -0.05) is 72.3 Å². The second-order valence-corrected chi connectivity index (χ2v) is 5.13. The van der Waals surface area contributed by atoms with Crippen molar-refractivity contribution in [1.82, 2.24) is 0 Å². The van der Waals surface area contributed by atoms with Gasteiger partial charge in [0.2, 0.25) is 0 Å². The van der Waals surface area contributed by atoms with Gasteiger partial charge in [0.1, 0.15) is 0 Å². The molecule has 19 heavy (non-hydrogen) atoms. The van der Waals surface area contributed by atoms with Crippen molar-refractivity contribution >= 4 is 5.57 Å². The zero-order chi connectivity index (χ0) is 13.3. The van der Waals surface area contributed by atoms with Crippen LogP contribution in [-0.2, 0) is 5.41 Å². The second-order valence-electron chi connectivity index (χ2n) is 5.13. The van der Waals surface area contributed by atoms with E-state index in [4.69, 9.17) is 0 Å². The summed E-state index contributed by atoms with van der Waals surface area (Å²) in [5, 5.41) is 0. The van der Waals surface area contributed by atoms with E-state index in [1.165, 1.54) is 22.3 Å². The first-order valence-electron chi connectivity index (χ1n) is 6.74. The quantitative estimate of drug-likeness (QED) is 0.667. The zero-order valence-corrected chi connectivity index (χ0v) is 11.3. The van der Waals surface area contributed by atoms with Crippen LogP contribution in [0.2, 0.25) is 0 Å². The summed E-state index contributed by atoms with van der Waals surface area (Å²) in [5.74, 6) is 0. The number of hydrogen-bond acceptors (Lipinski definition) is 0. The first-order chi connectivity index (χ1) is 9.30. The van der Waals surface area contributed by atoms with Crippen molar-refractivity contribution in [3.63, 3.8) is 0 Å². The largest absolute Gasteiger partial charge is 0.103 e. The van der Waals surface area contributed by atoms with Crippen LogP contribution in [0, 0.1) is 0 Å². The highest BCUT2D eigenvalue weighted by Crippen LogP contribution is 2.61. The van der Waals surface area contributed by atoms with Crippen LogP contribution in [0.1, 0.15) is 24.5 Å². The fraction of sp³-hybridized carbons (Fsp3) is 0.158. The molecule has 1 atom stereocenters. The fourth-order valence-corrected chi connectivity index (χ4v) is 3.20. The predicted octanol–water partition coefficient (Wildman–Crippen LogP) is 4.99. The minimum atomic E-state index is 0.0877. The Morgan fingerprint density at radius 2 is 1.53 bits per heavy atom. The van der Waals surface area contributed by atoms with Crippen molar-refractivity contribution in [2.24, 2.45) is 0 Å². The zero-order valence-electron chi connectivity index (χ0n) is 11.3. The van der Waals surface area contributed by atoms with Gasteiger partial charge >= 0.3 is 0 Å². The summed E-state index contributed by atoms with van der Waals surface area (Å²) in [5.41, 5.74) is 5.76. The smallest absolute Gasteiger partial charge is 0.0454 e. The molecular weight excluding hydrogens is 228 g/mol. The molecule has 0 amide bonds. The van der Waals surface area contributed by atoms with Crippen molar-refractivity contribution in [3.8, 4) is 0 Å². The van der Waals surface area contributed by atoms with Crippen LogP contribution in [0.15, 0.2) is 78.9 Å². The molecule has 0 saturated carbocycles. The molecule has 0 aliphatic heterocycles. The summed E-state index contributed by atoms with van der Waals surface area (Å²) in [6, 6.07) is 21.5. The van der Waals surface area contributed by atoms with Gasteiger partial charge in [-0.25, -0.2) is 0 Å². The summed E-state index contributed by atoms with van der Waals surface area (Å²) in [7, 11) is 0. The van der Waals surface area contributed by atoms with Gasteiger partial charge < -0.3 is 0 Å². The van der Waals surface area contributed by atoms with Crippen LogP contribution in [-0.4, -0.2) is 0 Å². The molecule has 0 saturated heterocycles. The van der Waals surface area contributed by atoms with Crippen molar-refractivity contribution in [1.29, 1.82) is 0 Å². The maximum atomic E-state index is 3.95. The summed E-state index contributed by atoms with van der Waals surface area (Å²) >= 11 is 0. The molecule has 0 heterocycles. The van der Waals surface area contributed by atoms with E-state index in [1.54, 1.807) is 0 Å². The molecule has 0 fully saturated rings. The first-order valence-corrected chi connectivity index (χ1v) is 6.74. The minimum Gasteiger partial charge on any atom is -0.103 e. The molecule has 3 rings (SSSR count). The molecule has 1 aliphatic rings. The summed E-state index contributed by atoms with van der Waals surface area (Å²) in [6.45, 7) is 6.20. The molecule has 0 radical (unpaired) electrons. The Kier molecular flexibility index (Phi) is 2.87. The monoisotopic (exact) mass is 246 g/mol. The number of hydrogen-bond donors (Lipinski definition) is 0. The molecule has 0 nitrogen and oxygen atoms in total. The van der Waals surface area contributed by atoms with Gasteiger partial charge in [0.05, 0.1) is 0 Å². The van der Waals surface area contributed by atoms with Gasteiger partial charge in [0.15, 0.2) is 0 Å². The van der Waals surface area contributed by atoms with Gasteiger partial charge in [0.25, 0.3) is 0 Å². The maximum absolute atomic E-state index is 3.95. The predicted molar refractivity (Wildman–Crippen MR) is 82.0 cm³/mol. The van der Waals surface area contributed by atoms with E-state index >= 15 is 0 Å². The Morgan fingerprint density at radius 3 is 2.11 bits per heavy atom. The van der Waals surface area contributed by atoms with Crippen LogP contribution < -0.4 is 0 Å². The molecule has 0 bridgehead atoms. The molecule has 0 N–H and O–H groups in total. The highest BCUT2D eigenvalue weighted by molar-refractivity contribution is 5.95. The standard InChI is InChI=1S/C19H18/c1-3-14-19(17-12-8-5-9-13-17)15(2)18(19)16-10-6-4-7-11-16/h3-13H,1,14H2,2H3. The van der Waals surface area contributed by atoms with Crippen LogP contribution in [0.4, 0.5) is 0 Å². The lowest BCUT2D eigenvalue weighted by Crippen LogP contribution is -2.11. The third-order valence-corrected chi connectivity index (χ3v) is 4.16. The van der Waals surface area contributed by atoms with E-state index in [-0.39, 0.29) is 5.41 Å². The number of benzene rings is 2. The highest BCUT2D eigenvalue weighted by Gasteiger charge is 2.50. The Morgan fingerprint density at radius 1 is 0.947 bits per heavy atom. The highest BCUT2D eigenvalue weighted by atomic mass is 14.5. The Bertz CT molecular complexity index is 620. The topological polar surface area (TPSA) is 0 Å². The normalized spacial score (nSPS) is 21.3. The van der Waals surface area contributed by atoms with E-state index in [2.05, 4.69) is 74.2 Å². The van der Waals surface area contributed by atoms with Crippen molar-refractivity contribution in [2.75, 3.05) is 0 Å². The lowest BCUT2D eigenvalue weighted by atomic mass is 9.83. The maximum Gasteiger partial charge on any atom is 0.0454 e. The van der Waals surface area contributed by atoms with E-state index in [1.807, 2.05) is 6.08 Å². The molecular formula is C19H18. The third-order valence-electron chi connectivity index (χ3n) is 4.16. The molecule has 1 unspecified atom stereocenters. The van der Waals surface area contributed by atoms with E-state index in [0.717, 1.165) is 6.42 Å². The Labute approximate surface area is 115 Å². The van der Waals surface area contributed by atoms with Crippen LogP contribution in [0.25, 0.3) is 5.57 Å². The first kappa shape index (κ1) is 12.0. The van der Waals surface area contributed by atoms with E-state index < -0.39 is 0 Å². The summed E-state index contributed by atoms with van der Waals surface area (Å²) in [4.78, 5) is 0. The average molecular weight is 246 g/mol. The summed E-state index contributed by atoms with van der Waals surface area (Å²) < 4.78 is 0. The van der Waals surface area contributed by atoms with Crippen LogP contribution >= 0.6 is 0 Å². The van der Waals surface area contributed by atoms with Crippen molar-refractivity contribution in [2.45, 2.75) is 18.8 Å². The van der Waals surface area contributed by atoms with Gasteiger partial charge in [-0.15, -0.1) is 6.58 Å². The Balaban J connectivity index is 2.06.